The highest BCUT2D eigenvalue weighted by molar-refractivity contribution is 5.80. The van der Waals surface area contributed by atoms with Gasteiger partial charge in [0.05, 0.1) is 25.4 Å². The van der Waals surface area contributed by atoms with Gasteiger partial charge in [0.2, 0.25) is 17.7 Å². The summed E-state index contributed by atoms with van der Waals surface area (Å²) in [5.41, 5.74) is 0. The van der Waals surface area contributed by atoms with E-state index in [1.54, 1.807) is 0 Å². The first-order valence-corrected chi connectivity index (χ1v) is 7.25. The number of amides is 2. The van der Waals surface area contributed by atoms with Gasteiger partial charge in [0.15, 0.2) is 0 Å². The number of carbonyl (C=O) groups excluding carboxylic acids is 2. The highest BCUT2D eigenvalue weighted by atomic mass is 16.3. The van der Waals surface area contributed by atoms with Gasteiger partial charge in [-0.25, -0.2) is 4.98 Å². The van der Waals surface area contributed by atoms with E-state index in [1.165, 1.54) is 12.5 Å². The summed E-state index contributed by atoms with van der Waals surface area (Å²) in [5, 5.41) is 17.4. The van der Waals surface area contributed by atoms with E-state index in [4.69, 9.17) is 9.68 Å². The minimum Gasteiger partial charge on any atom is -0.448 e. The van der Waals surface area contributed by atoms with Gasteiger partial charge in [0.25, 0.3) is 0 Å². The number of hydrogen-bond acceptors (Lipinski definition) is 6. The van der Waals surface area contributed by atoms with Crippen LogP contribution in [0.3, 0.4) is 0 Å². The van der Waals surface area contributed by atoms with Gasteiger partial charge in [-0.15, -0.1) is 0 Å². The molecular weight excluding hydrogens is 286 g/mol. The van der Waals surface area contributed by atoms with Crippen LogP contribution in [0.2, 0.25) is 0 Å². The van der Waals surface area contributed by atoms with E-state index in [1.807, 2.05) is 6.07 Å². The molecule has 8 nitrogen and oxygen atoms in total. The number of carbonyl (C=O) groups is 2. The van der Waals surface area contributed by atoms with Crippen LogP contribution < -0.4 is 16.0 Å². The van der Waals surface area contributed by atoms with Crippen LogP contribution >= 0.6 is 0 Å². The second kappa shape index (κ2) is 8.14. The fourth-order valence-electron chi connectivity index (χ4n) is 2.36. The Labute approximate surface area is 128 Å². The molecule has 1 aromatic rings. The molecule has 1 aliphatic rings. The van der Waals surface area contributed by atoms with Crippen LogP contribution in [-0.4, -0.2) is 35.9 Å². The van der Waals surface area contributed by atoms with Gasteiger partial charge in [0.1, 0.15) is 12.3 Å². The van der Waals surface area contributed by atoms with Crippen LogP contribution in [0.15, 0.2) is 16.9 Å². The van der Waals surface area contributed by atoms with Crippen LogP contribution in [0.4, 0.5) is 0 Å². The molecule has 8 heteroatoms. The summed E-state index contributed by atoms with van der Waals surface area (Å²) in [6.45, 7) is 1.07. The molecule has 0 radical (unpaired) electrons. The van der Waals surface area contributed by atoms with E-state index in [0.717, 1.165) is 12.8 Å². The van der Waals surface area contributed by atoms with Gasteiger partial charge in [-0.05, 0) is 19.3 Å². The van der Waals surface area contributed by atoms with Gasteiger partial charge in [-0.3, -0.25) is 14.9 Å². The zero-order chi connectivity index (χ0) is 15.8. The lowest BCUT2D eigenvalue weighted by Gasteiger charge is -2.23. The van der Waals surface area contributed by atoms with Crippen molar-refractivity contribution in [2.24, 2.45) is 5.92 Å². The van der Waals surface area contributed by atoms with Crippen LogP contribution in [0.5, 0.6) is 0 Å². The lowest BCUT2D eigenvalue weighted by Crippen LogP contribution is -2.44. The third-order valence-corrected chi connectivity index (χ3v) is 3.46. The van der Waals surface area contributed by atoms with E-state index in [-0.39, 0.29) is 24.3 Å². The molecule has 1 fully saturated rings. The van der Waals surface area contributed by atoms with Crippen molar-refractivity contribution in [1.29, 1.82) is 5.26 Å². The van der Waals surface area contributed by atoms with Crippen molar-refractivity contribution in [3.8, 4) is 6.07 Å². The van der Waals surface area contributed by atoms with Gasteiger partial charge < -0.3 is 15.1 Å². The Morgan fingerprint density at radius 2 is 2.50 bits per heavy atom. The number of hydrogen-bond donors (Lipinski definition) is 3. The van der Waals surface area contributed by atoms with Gasteiger partial charge in [-0.1, -0.05) is 0 Å². The molecule has 0 aliphatic carbocycles. The first kappa shape index (κ1) is 16.0. The van der Waals surface area contributed by atoms with E-state index >= 15 is 0 Å². The van der Waals surface area contributed by atoms with E-state index < -0.39 is 6.04 Å². The van der Waals surface area contributed by atoms with Crippen molar-refractivity contribution in [2.75, 3.05) is 13.1 Å². The Balaban J connectivity index is 1.71. The summed E-state index contributed by atoms with van der Waals surface area (Å²) in [4.78, 5) is 27.4. The lowest BCUT2D eigenvalue weighted by atomic mass is 9.92. The first-order valence-electron chi connectivity index (χ1n) is 7.25. The summed E-state index contributed by atoms with van der Waals surface area (Å²) in [6, 6.07) is 1.37. The van der Waals surface area contributed by atoms with Crippen molar-refractivity contribution in [2.45, 2.75) is 31.8 Å². The molecule has 1 aromatic heterocycles. The quantitative estimate of drug-likeness (QED) is 0.635. The standard InChI is InChI=1S/C14H19N5O3/c15-7-11(6-10-2-1-3-18-14(10)21)19-12(20)8-16-9-13-17-4-5-22-13/h4-5,10-11,16H,1-3,6,8-9H2,(H,18,21)(H,19,20)/t10-,11-/m0/s1. The van der Waals surface area contributed by atoms with Crippen molar-refractivity contribution < 1.29 is 14.0 Å². The Bertz CT molecular complexity index is 537. The van der Waals surface area contributed by atoms with Crippen LogP contribution in [-0.2, 0) is 16.1 Å². The maximum Gasteiger partial charge on any atom is 0.235 e. The number of piperidine rings is 1. The lowest BCUT2D eigenvalue weighted by molar-refractivity contribution is -0.127. The van der Waals surface area contributed by atoms with Crippen molar-refractivity contribution >= 4 is 11.8 Å². The zero-order valence-corrected chi connectivity index (χ0v) is 12.2. The minimum absolute atomic E-state index is 0.0391. The van der Waals surface area contributed by atoms with Crippen LogP contribution in [0.25, 0.3) is 0 Å². The van der Waals surface area contributed by atoms with Gasteiger partial charge in [0, 0.05) is 12.5 Å². The maximum absolute atomic E-state index is 11.8. The predicted octanol–water partition coefficient (Wildman–Crippen LogP) is -0.311. The molecule has 0 aromatic carbocycles. The first-order chi connectivity index (χ1) is 10.7. The van der Waals surface area contributed by atoms with Crippen molar-refractivity contribution in [1.82, 2.24) is 20.9 Å². The summed E-state index contributed by atoms with van der Waals surface area (Å²) in [6.07, 6.45) is 4.98. The Morgan fingerprint density at radius 1 is 1.64 bits per heavy atom. The molecule has 0 spiro atoms. The second-order valence-corrected chi connectivity index (χ2v) is 5.14. The third kappa shape index (κ3) is 4.86. The number of oxazole rings is 1. The molecule has 0 unspecified atom stereocenters. The zero-order valence-electron chi connectivity index (χ0n) is 12.2. The van der Waals surface area contributed by atoms with Gasteiger partial charge in [-0.2, -0.15) is 5.26 Å². The molecule has 2 rings (SSSR count). The SMILES string of the molecule is N#C[C@H](C[C@@H]1CCCNC1=O)NC(=O)CNCc1ncco1. The fourth-order valence-corrected chi connectivity index (χ4v) is 2.36. The third-order valence-electron chi connectivity index (χ3n) is 3.46. The molecule has 3 N–H and O–H groups in total. The number of aromatic nitrogens is 1. The number of nitrogens with one attached hydrogen (secondary N) is 3. The average Bonchev–Trinajstić information content (AvgIpc) is 3.02. The highest BCUT2D eigenvalue weighted by Gasteiger charge is 2.26. The second-order valence-electron chi connectivity index (χ2n) is 5.14. The summed E-state index contributed by atoms with van der Waals surface area (Å²) >= 11 is 0. The molecule has 2 heterocycles. The molecule has 2 amide bonds. The topological polar surface area (TPSA) is 120 Å². The summed E-state index contributed by atoms with van der Waals surface area (Å²) in [7, 11) is 0. The number of rotatable bonds is 7. The van der Waals surface area contributed by atoms with Crippen LogP contribution in [0, 0.1) is 17.2 Å². The monoisotopic (exact) mass is 305 g/mol. The highest BCUT2D eigenvalue weighted by Crippen LogP contribution is 2.17. The maximum atomic E-state index is 11.8. The smallest absolute Gasteiger partial charge is 0.235 e. The predicted molar refractivity (Wildman–Crippen MR) is 76.1 cm³/mol. The molecule has 0 saturated carbocycles. The molecule has 1 aliphatic heterocycles. The van der Waals surface area contributed by atoms with E-state index in [0.29, 0.717) is 25.4 Å². The fraction of sp³-hybridized carbons (Fsp3) is 0.571. The Morgan fingerprint density at radius 3 is 3.18 bits per heavy atom. The largest absolute Gasteiger partial charge is 0.448 e. The molecule has 0 bridgehead atoms. The molecule has 118 valence electrons. The van der Waals surface area contributed by atoms with Crippen LogP contribution in [0.1, 0.15) is 25.2 Å². The molecule has 1 saturated heterocycles. The van der Waals surface area contributed by atoms with E-state index in [9.17, 15) is 9.59 Å². The van der Waals surface area contributed by atoms with Crippen molar-refractivity contribution in [3.63, 3.8) is 0 Å². The van der Waals surface area contributed by atoms with Crippen molar-refractivity contribution in [3.05, 3.63) is 18.4 Å². The summed E-state index contributed by atoms with van der Waals surface area (Å²) < 4.78 is 5.03. The molecule has 22 heavy (non-hydrogen) atoms. The average molecular weight is 305 g/mol. The number of nitriles is 1. The molecular formula is C14H19N5O3. The summed E-state index contributed by atoms with van der Waals surface area (Å²) in [5.74, 6) is -0.0559. The Hall–Kier alpha value is -2.40. The molecule has 2 atom stereocenters. The van der Waals surface area contributed by atoms with Gasteiger partial charge >= 0.3 is 0 Å². The van der Waals surface area contributed by atoms with E-state index in [2.05, 4.69) is 20.9 Å². The minimum atomic E-state index is -0.662. The Kier molecular flexibility index (Phi) is 5.91. The normalized spacial score (nSPS) is 19.0. The number of nitrogens with zero attached hydrogens (tertiary/aromatic N) is 2.